The van der Waals surface area contributed by atoms with Crippen LogP contribution in [0, 0.1) is 5.82 Å². The molecule has 0 aliphatic carbocycles. The van der Waals surface area contributed by atoms with E-state index in [9.17, 15) is 9.18 Å². The Kier molecular flexibility index (Phi) is 3.79. The van der Waals surface area contributed by atoms with Gasteiger partial charge in [0.2, 0.25) is 5.91 Å². The number of nitrogens with zero attached hydrogens (tertiary/aromatic N) is 3. The van der Waals surface area contributed by atoms with Gasteiger partial charge in [0, 0.05) is 43.7 Å². The van der Waals surface area contributed by atoms with Gasteiger partial charge in [-0.3, -0.25) is 9.48 Å². The minimum atomic E-state index is -0.239. The standard InChI is InChI=1S/C22H19FN4O/c1-26-12-15(10-24-26)17-9-21(28)25-19-6-3-7-20-22(19)18(17)13-27(20)11-14-4-2-5-16(23)8-14/h2-8,10,12-13,17H,9,11H2,1H3,(H,25,28)/t17-/m1/s1. The molecule has 1 N–H and O–H groups in total. The van der Waals surface area contributed by atoms with E-state index >= 15 is 0 Å². The van der Waals surface area contributed by atoms with E-state index in [0.29, 0.717) is 13.0 Å². The number of aromatic nitrogens is 3. The lowest BCUT2D eigenvalue weighted by Gasteiger charge is -2.11. The number of rotatable bonds is 3. The van der Waals surface area contributed by atoms with Crippen molar-refractivity contribution < 1.29 is 9.18 Å². The molecule has 5 nitrogen and oxygen atoms in total. The first-order valence-corrected chi connectivity index (χ1v) is 9.23. The van der Waals surface area contributed by atoms with Crippen molar-refractivity contribution in [3.63, 3.8) is 0 Å². The Balaban J connectivity index is 1.69. The Bertz CT molecular complexity index is 1210. The Morgan fingerprint density at radius 2 is 2.07 bits per heavy atom. The Labute approximate surface area is 161 Å². The Hall–Kier alpha value is -3.41. The van der Waals surface area contributed by atoms with Crippen molar-refractivity contribution in [1.82, 2.24) is 14.3 Å². The Morgan fingerprint density at radius 3 is 2.86 bits per heavy atom. The van der Waals surface area contributed by atoms with Gasteiger partial charge in [-0.15, -0.1) is 0 Å². The smallest absolute Gasteiger partial charge is 0.225 e. The van der Waals surface area contributed by atoms with Crippen molar-refractivity contribution in [3.05, 3.63) is 83.6 Å². The molecule has 2 aromatic carbocycles. The summed E-state index contributed by atoms with van der Waals surface area (Å²) >= 11 is 0. The first-order chi connectivity index (χ1) is 13.6. The van der Waals surface area contributed by atoms with Crippen molar-refractivity contribution >= 4 is 22.5 Å². The van der Waals surface area contributed by atoms with Crippen LogP contribution in [-0.4, -0.2) is 20.3 Å². The highest BCUT2D eigenvalue weighted by Gasteiger charge is 2.28. The zero-order valence-electron chi connectivity index (χ0n) is 15.4. The quantitative estimate of drug-likeness (QED) is 0.588. The number of hydrogen-bond donors (Lipinski definition) is 1. The van der Waals surface area contributed by atoms with E-state index in [1.165, 1.54) is 6.07 Å². The van der Waals surface area contributed by atoms with E-state index < -0.39 is 0 Å². The molecule has 1 amide bonds. The van der Waals surface area contributed by atoms with Gasteiger partial charge < -0.3 is 9.88 Å². The maximum atomic E-state index is 13.6. The van der Waals surface area contributed by atoms with E-state index in [-0.39, 0.29) is 17.6 Å². The van der Waals surface area contributed by atoms with Gasteiger partial charge >= 0.3 is 0 Å². The third kappa shape index (κ3) is 2.78. The summed E-state index contributed by atoms with van der Waals surface area (Å²) in [5, 5.41) is 8.37. The highest BCUT2D eigenvalue weighted by molar-refractivity contribution is 6.06. The second kappa shape index (κ2) is 6.34. The average Bonchev–Trinajstić information content (AvgIpc) is 3.21. The molecule has 140 valence electrons. The highest BCUT2D eigenvalue weighted by Crippen LogP contribution is 2.40. The van der Waals surface area contributed by atoms with Gasteiger partial charge in [0.05, 0.1) is 17.4 Å². The highest BCUT2D eigenvalue weighted by atomic mass is 19.1. The van der Waals surface area contributed by atoms with E-state index in [1.54, 1.807) is 16.8 Å². The summed E-state index contributed by atoms with van der Waals surface area (Å²) in [6.07, 6.45) is 6.24. The molecule has 1 aliphatic heterocycles. The van der Waals surface area contributed by atoms with Crippen molar-refractivity contribution in [2.24, 2.45) is 7.05 Å². The van der Waals surface area contributed by atoms with Gasteiger partial charge in [-0.1, -0.05) is 18.2 Å². The third-order valence-electron chi connectivity index (χ3n) is 5.34. The van der Waals surface area contributed by atoms with Crippen LogP contribution in [0.2, 0.25) is 0 Å². The molecule has 0 unspecified atom stereocenters. The topological polar surface area (TPSA) is 51.9 Å². The molecule has 0 radical (unpaired) electrons. The van der Waals surface area contributed by atoms with Crippen LogP contribution in [0.25, 0.3) is 10.9 Å². The molecule has 5 rings (SSSR count). The number of halogens is 1. The fraction of sp³-hybridized carbons (Fsp3) is 0.182. The number of aryl methyl sites for hydroxylation is 1. The summed E-state index contributed by atoms with van der Waals surface area (Å²) in [6, 6.07) is 12.6. The predicted octanol–water partition coefficient (Wildman–Crippen LogP) is 4.04. The van der Waals surface area contributed by atoms with Gasteiger partial charge in [0.25, 0.3) is 0 Å². The first kappa shape index (κ1) is 16.7. The van der Waals surface area contributed by atoms with Crippen molar-refractivity contribution in [2.45, 2.75) is 18.9 Å². The summed E-state index contributed by atoms with van der Waals surface area (Å²) in [4.78, 5) is 12.5. The molecular formula is C22H19FN4O. The lowest BCUT2D eigenvalue weighted by molar-refractivity contribution is -0.116. The van der Waals surface area contributed by atoms with Crippen LogP contribution in [0.15, 0.2) is 61.1 Å². The van der Waals surface area contributed by atoms with E-state index in [4.69, 9.17) is 0 Å². The predicted molar refractivity (Wildman–Crippen MR) is 106 cm³/mol. The SMILES string of the molecule is Cn1cc([C@H]2CC(=O)Nc3cccc4c3c2cn4Cc2cccc(F)c2)cn1. The molecule has 3 heterocycles. The van der Waals surface area contributed by atoms with Crippen LogP contribution in [0.4, 0.5) is 10.1 Å². The fourth-order valence-electron chi connectivity index (χ4n) is 4.13. The van der Waals surface area contributed by atoms with Crippen molar-refractivity contribution in [3.8, 4) is 0 Å². The number of hydrogen-bond acceptors (Lipinski definition) is 2. The molecular weight excluding hydrogens is 355 g/mol. The van der Waals surface area contributed by atoms with Gasteiger partial charge in [-0.2, -0.15) is 5.10 Å². The Morgan fingerprint density at radius 1 is 1.21 bits per heavy atom. The zero-order valence-corrected chi connectivity index (χ0v) is 15.4. The van der Waals surface area contributed by atoms with Crippen LogP contribution >= 0.6 is 0 Å². The lowest BCUT2D eigenvalue weighted by atomic mass is 9.91. The van der Waals surface area contributed by atoms with E-state index in [2.05, 4.69) is 21.2 Å². The van der Waals surface area contributed by atoms with Gasteiger partial charge in [0.15, 0.2) is 0 Å². The van der Waals surface area contributed by atoms with E-state index in [0.717, 1.165) is 33.3 Å². The molecule has 0 saturated heterocycles. The van der Waals surface area contributed by atoms with Crippen LogP contribution in [-0.2, 0) is 18.4 Å². The average molecular weight is 374 g/mol. The third-order valence-corrected chi connectivity index (χ3v) is 5.34. The maximum absolute atomic E-state index is 13.6. The number of nitrogens with one attached hydrogen (secondary N) is 1. The monoisotopic (exact) mass is 374 g/mol. The number of amides is 1. The molecule has 6 heteroatoms. The van der Waals surface area contributed by atoms with Crippen LogP contribution in [0.5, 0.6) is 0 Å². The largest absolute Gasteiger partial charge is 0.343 e. The summed E-state index contributed by atoms with van der Waals surface area (Å²) in [6.45, 7) is 0.561. The second-order valence-electron chi connectivity index (χ2n) is 7.29. The number of benzene rings is 2. The van der Waals surface area contributed by atoms with Crippen LogP contribution < -0.4 is 5.32 Å². The van der Waals surface area contributed by atoms with E-state index in [1.807, 2.05) is 43.7 Å². The van der Waals surface area contributed by atoms with Gasteiger partial charge in [-0.25, -0.2) is 4.39 Å². The minimum Gasteiger partial charge on any atom is -0.343 e. The zero-order chi connectivity index (χ0) is 19.3. The molecule has 1 atom stereocenters. The maximum Gasteiger partial charge on any atom is 0.225 e. The number of carbonyl (C=O) groups is 1. The molecule has 2 aromatic heterocycles. The molecule has 4 aromatic rings. The fourth-order valence-corrected chi connectivity index (χ4v) is 4.13. The second-order valence-corrected chi connectivity index (χ2v) is 7.29. The van der Waals surface area contributed by atoms with Gasteiger partial charge in [0.1, 0.15) is 5.82 Å². The van der Waals surface area contributed by atoms with Gasteiger partial charge in [-0.05, 0) is 41.0 Å². The summed E-state index contributed by atoms with van der Waals surface area (Å²) in [5.41, 5.74) is 4.84. The molecule has 28 heavy (non-hydrogen) atoms. The molecule has 1 aliphatic rings. The molecule has 0 saturated carbocycles. The summed E-state index contributed by atoms with van der Waals surface area (Å²) < 4.78 is 17.5. The molecule has 0 bridgehead atoms. The van der Waals surface area contributed by atoms with Crippen molar-refractivity contribution in [2.75, 3.05) is 5.32 Å². The summed E-state index contributed by atoms with van der Waals surface area (Å²) in [5.74, 6) is -0.320. The lowest BCUT2D eigenvalue weighted by Crippen LogP contribution is -2.13. The minimum absolute atomic E-state index is 0.00534. The van der Waals surface area contributed by atoms with Crippen LogP contribution in [0.3, 0.4) is 0 Å². The molecule has 0 spiro atoms. The van der Waals surface area contributed by atoms with Crippen LogP contribution in [0.1, 0.15) is 29.0 Å². The summed E-state index contributed by atoms with van der Waals surface area (Å²) in [7, 11) is 1.87. The first-order valence-electron chi connectivity index (χ1n) is 9.23. The van der Waals surface area contributed by atoms with Crippen molar-refractivity contribution in [1.29, 1.82) is 0 Å². The molecule has 0 fully saturated rings. The number of anilines is 1. The normalized spacial score (nSPS) is 16.2. The number of carbonyl (C=O) groups excluding carboxylic acids is 1.